The van der Waals surface area contributed by atoms with Gasteiger partial charge in [-0.05, 0) is 37.3 Å². The summed E-state index contributed by atoms with van der Waals surface area (Å²) in [6, 6.07) is 11.9. The molecule has 3 rings (SSSR count). The summed E-state index contributed by atoms with van der Waals surface area (Å²) in [5.41, 5.74) is 1.23. The van der Waals surface area contributed by atoms with Crippen molar-refractivity contribution < 1.29 is 14.3 Å². The minimum absolute atomic E-state index is 0.177. The molecule has 144 valence electrons. The lowest BCUT2D eigenvalue weighted by Crippen LogP contribution is -2.30. The third-order valence-electron chi connectivity index (χ3n) is 4.15. The minimum atomic E-state index is -0.388. The van der Waals surface area contributed by atoms with Crippen LogP contribution in [0, 0.1) is 6.92 Å². The van der Waals surface area contributed by atoms with E-state index < -0.39 is 0 Å². The Morgan fingerprint density at radius 2 is 1.89 bits per heavy atom. The molecule has 1 heterocycles. The number of fused-ring (bicyclic) bond motifs is 1. The highest BCUT2D eigenvalue weighted by Crippen LogP contribution is 2.27. The van der Waals surface area contributed by atoms with E-state index in [0.29, 0.717) is 33.9 Å². The summed E-state index contributed by atoms with van der Waals surface area (Å²) in [6.45, 7) is 2.89. The molecule has 0 unspecified atom stereocenters. The number of para-hydroxylation sites is 1. The van der Waals surface area contributed by atoms with Gasteiger partial charge in [-0.3, -0.25) is 19.0 Å². The number of benzene rings is 2. The van der Waals surface area contributed by atoms with Gasteiger partial charge in [0.05, 0.1) is 23.7 Å². The van der Waals surface area contributed by atoms with Crippen LogP contribution in [0.2, 0.25) is 0 Å². The van der Waals surface area contributed by atoms with E-state index >= 15 is 0 Å². The largest absolute Gasteiger partial charge is 0.495 e. The third-order valence-corrected chi connectivity index (χ3v) is 4.15. The van der Waals surface area contributed by atoms with Crippen molar-refractivity contribution in [3.63, 3.8) is 0 Å². The van der Waals surface area contributed by atoms with E-state index in [9.17, 15) is 14.4 Å². The monoisotopic (exact) mass is 380 g/mol. The molecule has 0 aliphatic rings. The highest BCUT2D eigenvalue weighted by Gasteiger charge is 2.13. The lowest BCUT2D eigenvalue weighted by Gasteiger charge is -2.13. The van der Waals surface area contributed by atoms with Gasteiger partial charge in [0.25, 0.3) is 5.56 Å². The number of nitrogens with one attached hydrogen (secondary N) is 2. The van der Waals surface area contributed by atoms with Crippen molar-refractivity contribution in [2.24, 2.45) is 0 Å². The molecule has 8 heteroatoms. The Morgan fingerprint density at radius 1 is 1.14 bits per heavy atom. The zero-order valence-electron chi connectivity index (χ0n) is 15.8. The number of ether oxygens (including phenoxy) is 1. The van der Waals surface area contributed by atoms with Crippen LogP contribution in [-0.4, -0.2) is 28.5 Å². The SMILES string of the molecule is COc1ccc(NC(=O)Cn2c(C)nc3ccccc3c2=O)cc1NC(C)=O. The van der Waals surface area contributed by atoms with E-state index in [-0.39, 0.29) is 23.9 Å². The molecule has 1 aromatic heterocycles. The quantitative estimate of drug-likeness (QED) is 0.707. The lowest BCUT2D eigenvalue weighted by molar-refractivity contribution is -0.117. The molecule has 0 aliphatic carbocycles. The molecule has 0 aliphatic heterocycles. The second-order valence-electron chi connectivity index (χ2n) is 6.21. The summed E-state index contributed by atoms with van der Waals surface area (Å²) < 4.78 is 6.52. The number of aromatic nitrogens is 2. The maximum absolute atomic E-state index is 12.7. The summed E-state index contributed by atoms with van der Waals surface area (Å²) in [7, 11) is 1.49. The number of anilines is 2. The van der Waals surface area contributed by atoms with Crippen LogP contribution in [0.5, 0.6) is 5.75 Å². The van der Waals surface area contributed by atoms with E-state index in [4.69, 9.17) is 4.74 Å². The number of hydrogen-bond donors (Lipinski definition) is 2. The van der Waals surface area contributed by atoms with Gasteiger partial charge in [0.2, 0.25) is 11.8 Å². The number of rotatable bonds is 5. The molecule has 0 saturated carbocycles. The Hall–Kier alpha value is -3.68. The van der Waals surface area contributed by atoms with Gasteiger partial charge in [0.15, 0.2) is 0 Å². The van der Waals surface area contributed by atoms with Crippen LogP contribution in [0.15, 0.2) is 47.3 Å². The van der Waals surface area contributed by atoms with Gasteiger partial charge in [-0.25, -0.2) is 4.98 Å². The summed E-state index contributed by atoms with van der Waals surface area (Å²) in [5.74, 6) is 0.277. The Labute approximate surface area is 161 Å². The molecular weight excluding hydrogens is 360 g/mol. The molecule has 28 heavy (non-hydrogen) atoms. The standard InChI is InChI=1S/C20H20N4O4/c1-12-21-16-7-5-4-6-15(16)20(27)24(12)11-19(26)23-14-8-9-18(28-3)17(10-14)22-13(2)25/h4-10H,11H2,1-3H3,(H,22,25)(H,23,26). The van der Waals surface area contributed by atoms with Gasteiger partial charge in [0, 0.05) is 12.6 Å². The van der Waals surface area contributed by atoms with Gasteiger partial charge in [-0.15, -0.1) is 0 Å². The minimum Gasteiger partial charge on any atom is -0.495 e. The van der Waals surface area contributed by atoms with Crippen molar-refractivity contribution in [2.75, 3.05) is 17.7 Å². The Kier molecular flexibility index (Phi) is 5.39. The smallest absolute Gasteiger partial charge is 0.261 e. The topological polar surface area (TPSA) is 102 Å². The Bertz CT molecular complexity index is 1120. The number of hydrogen-bond acceptors (Lipinski definition) is 5. The zero-order chi connectivity index (χ0) is 20.3. The van der Waals surface area contributed by atoms with Gasteiger partial charge in [-0.2, -0.15) is 0 Å². The molecule has 0 spiro atoms. The molecule has 2 amide bonds. The van der Waals surface area contributed by atoms with Gasteiger partial charge >= 0.3 is 0 Å². The van der Waals surface area contributed by atoms with E-state index in [2.05, 4.69) is 15.6 Å². The molecule has 0 atom stereocenters. The fourth-order valence-corrected chi connectivity index (χ4v) is 2.88. The number of nitrogens with zero attached hydrogens (tertiary/aromatic N) is 2. The van der Waals surface area contributed by atoms with E-state index in [1.54, 1.807) is 43.3 Å². The van der Waals surface area contributed by atoms with E-state index in [1.807, 2.05) is 6.07 Å². The molecule has 0 fully saturated rings. The highest BCUT2D eigenvalue weighted by atomic mass is 16.5. The van der Waals surface area contributed by atoms with Crippen molar-refractivity contribution in [3.8, 4) is 5.75 Å². The van der Waals surface area contributed by atoms with Crippen LogP contribution < -0.4 is 20.9 Å². The number of methoxy groups -OCH3 is 1. The predicted octanol–water partition coefficient (Wildman–Crippen LogP) is 2.31. The van der Waals surface area contributed by atoms with Crippen LogP contribution in [-0.2, 0) is 16.1 Å². The van der Waals surface area contributed by atoms with Crippen LogP contribution in [0.4, 0.5) is 11.4 Å². The lowest BCUT2D eigenvalue weighted by atomic mass is 10.2. The normalized spacial score (nSPS) is 10.5. The van der Waals surface area contributed by atoms with Crippen LogP contribution in [0.1, 0.15) is 12.7 Å². The maximum atomic E-state index is 12.7. The van der Waals surface area contributed by atoms with Gasteiger partial charge in [0.1, 0.15) is 18.1 Å². The summed E-state index contributed by atoms with van der Waals surface area (Å²) in [6.07, 6.45) is 0. The fraction of sp³-hybridized carbons (Fsp3) is 0.200. The predicted molar refractivity (Wildman–Crippen MR) is 107 cm³/mol. The molecule has 0 radical (unpaired) electrons. The van der Waals surface area contributed by atoms with Crippen molar-refractivity contribution in [1.29, 1.82) is 0 Å². The van der Waals surface area contributed by atoms with Crippen molar-refractivity contribution in [3.05, 3.63) is 58.6 Å². The second kappa shape index (κ2) is 7.91. The van der Waals surface area contributed by atoms with E-state index in [0.717, 1.165) is 0 Å². The zero-order valence-corrected chi connectivity index (χ0v) is 15.8. The number of carbonyl (C=O) groups is 2. The second-order valence-corrected chi connectivity index (χ2v) is 6.21. The molecule has 2 aromatic carbocycles. The third kappa shape index (κ3) is 4.01. The molecule has 8 nitrogen and oxygen atoms in total. The first kappa shape index (κ1) is 19.1. The summed E-state index contributed by atoms with van der Waals surface area (Å²) >= 11 is 0. The average molecular weight is 380 g/mol. The van der Waals surface area contributed by atoms with Crippen LogP contribution in [0.25, 0.3) is 10.9 Å². The van der Waals surface area contributed by atoms with Gasteiger partial charge < -0.3 is 15.4 Å². The van der Waals surface area contributed by atoms with Crippen molar-refractivity contribution in [2.45, 2.75) is 20.4 Å². The number of aryl methyl sites for hydroxylation is 1. The fourth-order valence-electron chi connectivity index (χ4n) is 2.88. The summed E-state index contributed by atoms with van der Waals surface area (Å²) in [4.78, 5) is 40.9. The van der Waals surface area contributed by atoms with E-state index in [1.165, 1.54) is 18.6 Å². The first-order valence-corrected chi connectivity index (χ1v) is 8.60. The van der Waals surface area contributed by atoms with Crippen molar-refractivity contribution in [1.82, 2.24) is 9.55 Å². The molecule has 0 bridgehead atoms. The molecular formula is C20H20N4O4. The maximum Gasteiger partial charge on any atom is 0.261 e. The average Bonchev–Trinajstić information content (AvgIpc) is 2.65. The Morgan fingerprint density at radius 3 is 2.61 bits per heavy atom. The van der Waals surface area contributed by atoms with Crippen LogP contribution in [0.3, 0.4) is 0 Å². The molecule has 0 saturated heterocycles. The first-order chi connectivity index (χ1) is 13.4. The molecule has 3 aromatic rings. The van der Waals surface area contributed by atoms with Gasteiger partial charge in [-0.1, -0.05) is 12.1 Å². The Balaban J connectivity index is 1.84. The molecule has 2 N–H and O–H groups in total. The number of carbonyl (C=O) groups excluding carboxylic acids is 2. The van der Waals surface area contributed by atoms with Crippen molar-refractivity contribution >= 4 is 34.1 Å². The highest BCUT2D eigenvalue weighted by molar-refractivity contribution is 5.94. The first-order valence-electron chi connectivity index (χ1n) is 8.60. The van der Waals surface area contributed by atoms with Crippen LogP contribution >= 0.6 is 0 Å². The number of amides is 2. The summed E-state index contributed by atoms with van der Waals surface area (Å²) in [5, 5.41) is 5.83.